The van der Waals surface area contributed by atoms with Crippen molar-refractivity contribution in [3.8, 4) is 11.5 Å². The van der Waals surface area contributed by atoms with Crippen molar-refractivity contribution in [2.45, 2.75) is 270 Å². The summed E-state index contributed by atoms with van der Waals surface area (Å²) in [6.45, 7) is 74.3. The van der Waals surface area contributed by atoms with Gasteiger partial charge in [-0.1, -0.05) is 270 Å². The van der Waals surface area contributed by atoms with Crippen LogP contribution in [0.5, 0.6) is 11.5 Å². The maximum absolute atomic E-state index is 13.6. The first-order valence-corrected chi connectivity index (χ1v) is 35.0. The van der Waals surface area contributed by atoms with Gasteiger partial charge in [0, 0.05) is 56.8 Å². The summed E-state index contributed by atoms with van der Waals surface area (Å²) >= 11 is 0. The average Bonchev–Trinajstić information content (AvgIpc) is 0.743. The number of anilines is 2. The molecule has 100 heavy (non-hydrogen) atoms. The van der Waals surface area contributed by atoms with Gasteiger partial charge in [-0.25, -0.2) is 26.8 Å². The van der Waals surface area contributed by atoms with Crippen LogP contribution in [0.4, 0.5) is 39.0 Å². The minimum atomic E-state index is -1.61. The Labute approximate surface area is 607 Å². The molecular weight excluding hydrogens is 1250 g/mol. The number of benzene rings is 7. The molecule has 0 amide bonds. The average molecular weight is 1380 g/mol. The van der Waals surface area contributed by atoms with E-state index >= 15 is 0 Å². The Morgan fingerprint density at radius 1 is 0.290 bits per heavy atom. The summed E-state index contributed by atoms with van der Waals surface area (Å²) < 4.78 is 76.3. The highest BCUT2D eigenvalue weighted by atomic mass is 19.2. The molecule has 0 fully saturated rings. The lowest BCUT2D eigenvalue weighted by Crippen LogP contribution is -2.20. The maximum Gasteiger partial charge on any atom is 0.195 e. The van der Waals surface area contributed by atoms with Gasteiger partial charge in [0.05, 0.1) is 20.8 Å². The molecule has 0 spiro atoms. The van der Waals surface area contributed by atoms with Gasteiger partial charge in [0.1, 0.15) is 23.1 Å². The number of rotatable bonds is 4. The number of nitrogens with zero attached hydrogens (tertiary/aromatic N) is 3. The van der Waals surface area contributed by atoms with Gasteiger partial charge >= 0.3 is 0 Å². The Kier molecular flexibility index (Phi) is 32.4. The Hall–Kier alpha value is -7.12. The minimum Gasteiger partial charge on any atom is -0.497 e. The summed E-state index contributed by atoms with van der Waals surface area (Å²) in [4.78, 5) is 7.77. The topological polar surface area (TPSA) is 29.3 Å². The molecule has 7 aromatic rings. The molecule has 0 unspecified atom stereocenters. The van der Waals surface area contributed by atoms with Crippen molar-refractivity contribution in [1.29, 1.82) is 0 Å². The van der Waals surface area contributed by atoms with Crippen molar-refractivity contribution in [2.75, 3.05) is 52.2 Å². The molecule has 0 aliphatic rings. The normalized spacial score (nSPS) is 11.9. The third kappa shape index (κ3) is 29.8. The van der Waals surface area contributed by atoms with Gasteiger partial charge in [-0.2, -0.15) is 0 Å². The van der Waals surface area contributed by atoms with E-state index in [1.165, 1.54) is 87.8 Å². The lowest BCUT2D eigenvalue weighted by molar-refractivity contribution is 0.391. The quantitative estimate of drug-likeness (QED) is 0.0760. The molecule has 10 heteroatoms. The molecule has 0 radical (unpaired) electrons. The van der Waals surface area contributed by atoms with Crippen molar-refractivity contribution < 1.29 is 31.4 Å². The van der Waals surface area contributed by atoms with E-state index in [2.05, 4.69) is 284 Å². The molecule has 0 N–H and O–H groups in total. The number of ether oxygens (including phenoxy) is 2. The molecule has 0 saturated carbocycles. The van der Waals surface area contributed by atoms with Gasteiger partial charge in [0.25, 0.3) is 0 Å². The number of hydrogen-bond donors (Lipinski definition) is 0. The molecule has 0 heterocycles. The molecule has 7 aromatic carbocycles. The second-order valence-electron chi connectivity index (χ2n) is 36.5. The number of hydrogen-bond acceptors (Lipinski definition) is 4. The molecule has 7 rings (SSSR count). The summed E-state index contributed by atoms with van der Waals surface area (Å²) in [5.41, 5.74) is 18.3. The largest absolute Gasteiger partial charge is 0.497 e. The van der Waals surface area contributed by atoms with E-state index in [4.69, 9.17) is 16.0 Å². The third-order valence-corrected chi connectivity index (χ3v) is 16.8. The Bertz CT molecular complexity index is 3560. The van der Waals surface area contributed by atoms with Gasteiger partial charge in [0.15, 0.2) is 23.1 Å². The third-order valence-electron chi connectivity index (χ3n) is 16.8. The van der Waals surface area contributed by atoms with E-state index in [-0.39, 0.29) is 49.1 Å². The van der Waals surface area contributed by atoms with Crippen molar-refractivity contribution in [3.05, 3.63) is 228 Å². The lowest BCUT2D eigenvalue weighted by Gasteiger charge is -2.29. The smallest absolute Gasteiger partial charge is 0.195 e. The van der Waals surface area contributed by atoms with Crippen LogP contribution in [0.2, 0.25) is 0 Å². The molecule has 5 nitrogen and oxygen atoms in total. The van der Waals surface area contributed by atoms with Crippen LogP contribution in [0.1, 0.15) is 265 Å². The SMILES string of the molecule is CC(C)(C)c1cc(C(C)(C)C)cc(C(C)(C)C)c1.CN(C)c1cc(N(C)C)cc(C(C)(C)C)c1.COc1cc(OC)cc(C(C)(C)C)c1.Cc1c(F)c(F)c(F)c(C(C)(C)C)c1F.Cc1cc(C)cc(C(C)(C)C)c1.Cc1cc(F)cc(C(C)(C)C)c1.[C-]#[N+]c1cc(C)cc(C(C)(C)C)c1. The predicted molar refractivity (Wildman–Crippen MR) is 425 cm³/mol. The molecule has 0 aliphatic heterocycles. The van der Waals surface area contributed by atoms with Crippen LogP contribution < -0.4 is 19.3 Å². The maximum atomic E-state index is 13.6. The van der Waals surface area contributed by atoms with E-state index < -0.39 is 39.8 Å². The van der Waals surface area contributed by atoms with E-state index in [0.29, 0.717) is 0 Å². The molecular formula is C90H132F5N3O2. The zero-order valence-corrected chi connectivity index (χ0v) is 69.4. The van der Waals surface area contributed by atoms with Gasteiger partial charge in [-0.05, 0) is 170 Å². The fourth-order valence-electron chi connectivity index (χ4n) is 9.96. The van der Waals surface area contributed by atoms with Crippen molar-refractivity contribution in [1.82, 2.24) is 0 Å². The van der Waals surface area contributed by atoms with Crippen LogP contribution in [0.3, 0.4) is 0 Å². The number of methoxy groups -OCH3 is 2. The molecule has 0 saturated heterocycles. The van der Waals surface area contributed by atoms with Crippen molar-refractivity contribution in [3.63, 3.8) is 0 Å². The van der Waals surface area contributed by atoms with Gasteiger partial charge in [-0.3, -0.25) is 0 Å². The molecule has 0 aromatic heterocycles. The van der Waals surface area contributed by atoms with Crippen LogP contribution in [0, 0.1) is 70.3 Å². The lowest BCUT2D eigenvalue weighted by atomic mass is 9.76. The minimum absolute atomic E-state index is 0.0346. The summed E-state index contributed by atoms with van der Waals surface area (Å²) in [6, 6.07) is 37.9. The van der Waals surface area contributed by atoms with Crippen LogP contribution >= 0.6 is 0 Å². The van der Waals surface area contributed by atoms with E-state index in [1.807, 2.05) is 50.2 Å². The van der Waals surface area contributed by atoms with Crippen molar-refractivity contribution >= 4 is 17.1 Å². The predicted octanol–water partition coefficient (Wildman–Crippen LogP) is 26.4. The van der Waals surface area contributed by atoms with Gasteiger partial charge in [-0.15, -0.1) is 0 Å². The first-order chi connectivity index (χ1) is 44.9. The summed E-state index contributed by atoms with van der Waals surface area (Å²) in [6.07, 6.45) is 0. The van der Waals surface area contributed by atoms with E-state index in [1.54, 1.807) is 26.4 Å². The van der Waals surface area contributed by atoms with Crippen LogP contribution in [0.15, 0.2) is 109 Å². The van der Waals surface area contributed by atoms with Crippen LogP contribution in [-0.4, -0.2) is 42.4 Å². The molecule has 0 aliphatic carbocycles. The Morgan fingerprint density at radius 3 is 0.860 bits per heavy atom. The zero-order chi connectivity index (χ0) is 78.4. The fourth-order valence-corrected chi connectivity index (χ4v) is 9.96. The molecule has 0 atom stereocenters. The highest BCUT2D eigenvalue weighted by Crippen LogP contribution is 2.37. The van der Waals surface area contributed by atoms with Crippen LogP contribution in [-0.2, 0) is 48.7 Å². The van der Waals surface area contributed by atoms with E-state index in [0.717, 1.165) is 35.2 Å². The number of halogens is 5. The summed E-state index contributed by atoms with van der Waals surface area (Å²) in [5.74, 6) is -3.98. The standard InChI is InChI=1S/C18H30.C14H24N2.C12H15N.C12H18O2.C12H18.C11H12F4.C11H15F/c1-16(2,3)13-10-14(17(4,5)6)12-15(11-13)18(7,8)9;1-14(2,3)11-8-12(15(4)5)10-13(9-11)16(6)7;1-9-6-10(12(2,3)4)8-11(7-9)13-5;1-12(2,3)9-6-10(13-4)8-11(7-9)14-5;1-9-6-10(2)8-11(7-9)12(3,4)5;1-5-7(12)6(11(2,3)4)9(14)10(15)8(5)13;1-8-5-9(11(2,3)4)7-10(12)6-8/h10-12H,1-9H3;8-10H,1-7H3;6-8H,1-4H3;6-8H,1-5H3;6-8H,1-5H3;1-4H3;5-7H,1-4H3. The Balaban J connectivity index is 0.000000586. The van der Waals surface area contributed by atoms with Gasteiger partial charge < -0.3 is 19.3 Å². The second-order valence-corrected chi connectivity index (χ2v) is 36.5. The van der Waals surface area contributed by atoms with Crippen molar-refractivity contribution in [2.24, 2.45) is 0 Å². The van der Waals surface area contributed by atoms with Gasteiger partial charge in [0.2, 0.25) is 0 Å². The highest BCUT2D eigenvalue weighted by molar-refractivity contribution is 5.62. The van der Waals surface area contributed by atoms with Crippen LogP contribution in [0.25, 0.3) is 4.85 Å². The highest BCUT2D eigenvalue weighted by Gasteiger charge is 2.31. The first kappa shape index (κ1) is 90.9. The first-order valence-electron chi connectivity index (χ1n) is 35.0. The van der Waals surface area contributed by atoms with E-state index in [9.17, 15) is 22.0 Å². The monoisotopic (exact) mass is 1380 g/mol. The zero-order valence-electron chi connectivity index (χ0n) is 69.4. The molecule has 554 valence electrons. The fraction of sp³-hybridized carbons (Fsp3) is 0.522. The second kappa shape index (κ2) is 35.7. The molecule has 0 bridgehead atoms. The number of aryl methyl sites for hydroxylation is 4. The Morgan fingerprint density at radius 2 is 0.570 bits per heavy atom. The summed E-state index contributed by atoms with van der Waals surface area (Å²) in [7, 11) is 11.7. The summed E-state index contributed by atoms with van der Waals surface area (Å²) in [5, 5.41) is 0.